The van der Waals surface area contributed by atoms with E-state index in [-0.39, 0.29) is 36.0 Å². The Morgan fingerprint density at radius 1 is 1.14 bits per heavy atom. The number of aryl methyl sites for hydroxylation is 2. The summed E-state index contributed by atoms with van der Waals surface area (Å²) in [6.45, 7) is 3.60. The molecule has 2 aromatic carbocycles. The van der Waals surface area contributed by atoms with Gasteiger partial charge in [0.15, 0.2) is 5.75 Å². The Kier molecular flexibility index (Phi) is 7.83. The average Bonchev–Trinajstić information content (AvgIpc) is 3.69. The van der Waals surface area contributed by atoms with Crippen LogP contribution < -0.4 is 20.9 Å². The van der Waals surface area contributed by atoms with Crippen molar-refractivity contribution in [2.24, 2.45) is 0 Å². The van der Waals surface area contributed by atoms with Crippen LogP contribution in [-0.2, 0) is 17.9 Å². The summed E-state index contributed by atoms with van der Waals surface area (Å²) in [6, 6.07) is 9.10. The first-order valence-corrected chi connectivity index (χ1v) is 12.1. The van der Waals surface area contributed by atoms with Gasteiger partial charge in [-0.05, 0) is 73.2 Å². The fraction of sp³-hybridized carbons (Fsp3) is 0.296. The van der Waals surface area contributed by atoms with Crippen LogP contribution in [0.5, 0.6) is 5.75 Å². The predicted octanol–water partition coefficient (Wildman–Crippen LogP) is 4.78. The monoisotopic (exact) mass is 527 g/mol. The zero-order chi connectivity index (χ0) is 26.7. The molecular formula is C27H27ClFN3O5. The molecule has 1 aliphatic carbocycles. The summed E-state index contributed by atoms with van der Waals surface area (Å²) in [5.74, 6) is -0.835. The summed E-state index contributed by atoms with van der Waals surface area (Å²) < 4.78 is 25.0. The van der Waals surface area contributed by atoms with Crippen LogP contribution in [0.3, 0.4) is 0 Å². The molecule has 0 atom stereocenters. The highest BCUT2D eigenvalue weighted by atomic mass is 35.5. The number of benzene rings is 2. The molecule has 3 aromatic rings. The van der Waals surface area contributed by atoms with Gasteiger partial charge in [-0.15, -0.1) is 0 Å². The topological polar surface area (TPSA) is 110 Å². The lowest BCUT2D eigenvalue weighted by atomic mass is 9.96. The molecule has 0 bridgehead atoms. The highest BCUT2D eigenvalue weighted by Crippen LogP contribution is 2.38. The second-order valence-corrected chi connectivity index (χ2v) is 9.30. The molecule has 1 fully saturated rings. The first-order chi connectivity index (χ1) is 17.7. The third-order valence-corrected chi connectivity index (χ3v) is 6.47. The maximum atomic E-state index is 14.0. The van der Waals surface area contributed by atoms with Crippen molar-refractivity contribution in [1.29, 1.82) is 0 Å². The van der Waals surface area contributed by atoms with Crippen LogP contribution in [0.4, 0.5) is 9.18 Å². The molecule has 3 N–H and O–H groups in total. The van der Waals surface area contributed by atoms with E-state index in [1.165, 1.54) is 19.2 Å². The summed E-state index contributed by atoms with van der Waals surface area (Å²) in [5, 5.41) is 5.40. The number of methoxy groups -OCH3 is 1. The fourth-order valence-corrected chi connectivity index (χ4v) is 4.15. The number of amides is 2. The lowest BCUT2D eigenvalue weighted by molar-refractivity contribution is 0.0600. The van der Waals surface area contributed by atoms with Crippen LogP contribution in [-0.4, -0.2) is 30.1 Å². The Bertz CT molecular complexity index is 1420. The quantitative estimate of drug-likeness (QED) is 0.365. The normalized spacial score (nSPS) is 12.7. The number of carbonyl (C=O) groups is 2. The fourth-order valence-electron chi connectivity index (χ4n) is 3.96. The van der Waals surface area contributed by atoms with Gasteiger partial charge in [-0.3, -0.25) is 4.79 Å². The van der Waals surface area contributed by atoms with Crippen LogP contribution in [0.1, 0.15) is 45.6 Å². The van der Waals surface area contributed by atoms with E-state index in [0.29, 0.717) is 33.5 Å². The molecular weight excluding hydrogens is 501 g/mol. The number of aromatic nitrogens is 1. The molecule has 1 aromatic heterocycles. The number of esters is 1. The Balaban J connectivity index is 1.66. The van der Waals surface area contributed by atoms with E-state index in [9.17, 15) is 18.8 Å². The molecule has 0 unspecified atom stereocenters. The van der Waals surface area contributed by atoms with Gasteiger partial charge in [0, 0.05) is 23.8 Å². The van der Waals surface area contributed by atoms with E-state index in [1.54, 1.807) is 31.2 Å². The smallest absolute Gasteiger partial charge is 0.337 e. The Morgan fingerprint density at radius 3 is 2.59 bits per heavy atom. The number of aromatic amines is 1. The molecule has 4 rings (SSSR count). The zero-order valence-electron chi connectivity index (χ0n) is 20.7. The van der Waals surface area contributed by atoms with Crippen LogP contribution >= 0.6 is 11.6 Å². The minimum absolute atomic E-state index is 0.0487. The number of hydrogen-bond acceptors (Lipinski definition) is 5. The lowest BCUT2D eigenvalue weighted by Gasteiger charge is -2.18. The van der Waals surface area contributed by atoms with Crippen molar-refractivity contribution in [1.82, 2.24) is 15.6 Å². The van der Waals surface area contributed by atoms with Crippen molar-refractivity contribution in [2.75, 3.05) is 7.11 Å². The summed E-state index contributed by atoms with van der Waals surface area (Å²) in [6.07, 6.45) is 1.90. The van der Waals surface area contributed by atoms with Crippen molar-refractivity contribution >= 4 is 23.6 Å². The lowest BCUT2D eigenvalue weighted by Crippen LogP contribution is -2.36. The summed E-state index contributed by atoms with van der Waals surface area (Å²) in [4.78, 5) is 39.4. The largest absolute Gasteiger partial charge is 0.486 e. The van der Waals surface area contributed by atoms with Gasteiger partial charge in [-0.25, -0.2) is 14.0 Å². The van der Waals surface area contributed by atoms with Crippen molar-refractivity contribution < 1.29 is 23.5 Å². The summed E-state index contributed by atoms with van der Waals surface area (Å²) in [7, 11) is 1.29. The molecule has 0 spiro atoms. The number of nitrogens with one attached hydrogen (secondary N) is 3. The van der Waals surface area contributed by atoms with Gasteiger partial charge < -0.3 is 25.1 Å². The third kappa shape index (κ3) is 6.11. The van der Waals surface area contributed by atoms with E-state index in [2.05, 4.69) is 15.6 Å². The highest BCUT2D eigenvalue weighted by molar-refractivity contribution is 6.32. The molecule has 37 heavy (non-hydrogen) atoms. The van der Waals surface area contributed by atoms with E-state index in [1.807, 2.05) is 6.92 Å². The number of rotatable bonds is 8. The van der Waals surface area contributed by atoms with Gasteiger partial charge in [0.1, 0.15) is 17.4 Å². The molecule has 0 saturated heterocycles. The Labute approximate surface area is 218 Å². The number of carbonyl (C=O) groups excluding carboxylic acids is 2. The number of halogens is 2. The second-order valence-electron chi connectivity index (χ2n) is 8.92. The molecule has 1 aliphatic rings. The maximum Gasteiger partial charge on any atom is 0.337 e. The first kappa shape index (κ1) is 26.2. The SMILES string of the molecule is COC(=O)c1ccc(C)c(-c2c(C)[nH]c(=O)c(Cl)c2OCc2ccc(F)cc2CNC(=O)NC2CC2)c1. The van der Waals surface area contributed by atoms with Crippen LogP contribution in [0.2, 0.25) is 5.02 Å². The number of hydrogen-bond donors (Lipinski definition) is 3. The standard InChI is InChI=1S/C27H27ClFN3O5/c1-14-4-5-16(26(34)36-3)11-21(14)22-15(2)31-25(33)23(28)24(22)37-13-17-6-7-19(29)10-18(17)12-30-27(35)32-20-8-9-20/h4-7,10-11,20H,8-9,12-13H2,1-3H3,(H,31,33)(H2,30,32,35). The second kappa shape index (κ2) is 11.0. The zero-order valence-corrected chi connectivity index (χ0v) is 21.4. The van der Waals surface area contributed by atoms with Gasteiger partial charge in [0.2, 0.25) is 0 Å². The van der Waals surface area contributed by atoms with E-state index in [4.69, 9.17) is 21.1 Å². The van der Waals surface area contributed by atoms with Gasteiger partial charge in [-0.1, -0.05) is 23.7 Å². The van der Waals surface area contributed by atoms with E-state index in [0.717, 1.165) is 18.4 Å². The molecule has 10 heteroatoms. The van der Waals surface area contributed by atoms with Crippen LogP contribution in [0.15, 0.2) is 41.2 Å². The predicted molar refractivity (Wildman–Crippen MR) is 137 cm³/mol. The summed E-state index contributed by atoms with van der Waals surface area (Å²) >= 11 is 6.40. The third-order valence-electron chi connectivity index (χ3n) is 6.12. The molecule has 1 saturated carbocycles. The average molecular weight is 528 g/mol. The minimum Gasteiger partial charge on any atom is -0.486 e. The van der Waals surface area contributed by atoms with Crippen molar-refractivity contribution in [2.45, 2.75) is 45.9 Å². The van der Waals surface area contributed by atoms with Gasteiger partial charge in [0.25, 0.3) is 5.56 Å². The number of ether oxygens (including phenoxy) is 2. The minimum atomic E-state index is -0.530. The van der Waals surface area contributed by atoms with Crippen molar-refractivity contribution in [3.8, 4) is 16.9 Å². The summed E-state index contributed by atoms with van der Waals surface area (Å²) in [5.41, 5.74) is 3.38. The molecule has 8 nitrogen and oxygen atoms in total. The highest BCUT2D eigenvalue weighted by Gasteiger charge is 2.24. The van der Waals surface area contributed by atoms with Crippen LogP contribution in [0.25, 0.3) is 11.1 Å². The number of pyridine rings is 1. The first-order valence-electron chi connectivity index (χ1n) is 11.7. The Morgan fingerprint density at radius 2 is 1.89 bits per heavy atom. The molecule has 1 heterocycles. The molecule has 0 radical (unpaired) electrons. The van der Waals surface area contributed by atoms with Gasteiger partial charge >= 0.3 is 12.0 Å². The van der Waals surface area contributed by atoms with E-state index < -0.39 is 17.3 Å². The maximum absolute atomic E-state index is 14.0. The van der Waals surface area contributed by atoms with E-state index >= 15 is 0 Å². The van der Waals surface area contributed by atoms with Gasteiger partial charge in [0.05, 0.1) is 12.7 Å². The van der Waals surface area contributed by atoms with Crippen LogP contribution in [0, 0.1) is 19.7 Å². The number of H-pyrrole nitrogens is 1. The van der Waals surface area contributed by atoms with Gasteiger partial charge in [-0.2, -0.15) is 0 Å². The molecule has 194 valence electrons. The van der Waals surface area contributed by atoms with Crippen molar-refractivity contribution in [3.05, 3.63) is 85.5 Å². The molecule has 0 aliphatic heterocycles. The molecule has 2 amide bonds. The van der Waals surface area contributed by atoms with Crippen molar-refractivity contribution in [3.63, 3.8) is 0 Å². The number of urea groups is 1. The Hall–Kier alpha value is -3.85.